The van der Waals surface area contributed by atoms with Crippen LogP contribution in [0.5, 0.6) is 28.7 Å². The zero-order chi connectivity index (χ0) is 28.1. The predicted octanol–water partition coefficient (Wildman–Crippen LogP) is 3.60. The highest BCUT2D eigenvalue weighted by Gasteiger charge is 2.35. The van der Waals surface area contributed by atoms with Crippen molar-refractivity contribution in [3.63, 3.8) is 0 Å². The van der Waals surface area contributed by atoms with Crippen molar-refractivity contribution in [3.05, 3.63) is 71.3 Å². The number of hydrogen-bond donors (Lipinski definition) is 3. The molecular weight excluding hydrogens is 526 g/mol. The van der Waals surface area contributed by atoms with Gasteiger partial charge in [0.05, 0.1) is 34.2 Å². The minimum absolute atomic E-state index is 0.0244. The van der Waals surface area contributed by atoms with Crippen molar-refractivity contribution < 1.29 is 38.4 Å². The lowest BCUT2D eigenvalue weighted by Crippen LogP contribution is -2.44. The van der Waals surface area contributed by atoms with Gasteiger partial charge in [0, 0.05) is 16.8 Å². The van der Waals surface area contributed by atoms with Crippen LogP contribution in [0.1, 0.15) is 31.7 Å². The molecule has 0 saturated carbocycles. The first kappa shape index (κ1) is 27.5. The van der Waals surface area contributed by atoms with Crippen molar-refractivity contribution in [2.24, 2.45) is 0 Å². The fourth-order valence-electron chi connectivity index (χ4n) is 3.93. The van der Waals surface area contributed by atoms with Gasteiger partial charge in [-0.3, -0.25) is 19.8 Å². The molecule has 3 amide bonds. The number of benzene rings is 3. The largest absolute Gasteiger partial charge is 0.504 e. The molecule has 1 saturated heterocycles. The van der Waals surface area contributed by atoms with Gasteiger partial charge in [0.25, 0.3) is 17.7 Å². The van der Waals surface area contributed by atoms with Crippen LogP contribution in [0.3, 0.4) is 0 Å². The zero-order valence-corrected chi connectivity index (χ0v) is 22.5. The molecule has 0 aliphatic carbocycles. The molecule has 1 atom stereocenters. The van der Waals surface area contributed by atoms with E-state index in [4.69, 9.17) is 18.9 Å². The van der Waals surface area contributed by atoms with Crippen LogP contribution in [0.2, 0.25) is 0 Å². The Kier molecular flexibility index (Phi) is 8.35. The molecule has 39 heavy (non-hydrogen) atoms. The monoisotopic (exact) mass is 553 g/mol. The summed E-state index contributed by atoms with van der Waals surface area (Å²) in [6.45, 7) is 0. The summed E-state index contributed by atoms with van der Waals surface area (Å²) in [5.74, 6) is 0.294. The highest BCUT2D eigenvalue weighted by atomic mass is 32.2. The summed E-state index contributed by atoms with van der Waals surface area (Å²) in [6.07, 6.45) is 0. The summed E-state index contributed by atoms with van der Waals surface area (Å²) in [6, 6.07) is 14.0. The van der Waals surface area contributed by atoms with Crippen LogP contribution < -0.4 is 29.7 Å². The third kappa shape index (κ3) is 5.80. The number of phenols is 1. The SMILES string of the molecule is COc1cc(C2SCC(=O)N2NC(=O)c2ccc(NC(=O)c3cc(OC)c(OC)c(OC)c3)cc2)ccc1O. The van der Waals surface area contributed by atoms with Gasteiger partial charge in [-0.1, -0.05) is 6.07 Å². The van der Waals surface area contributed by atoms with Gasteiger partial charge in [0.2, 0.25) is 5.75 Å². The summed E-state index contributed by atoms with van der Waals surface area (Å²) in [5, 5.41) is 13.4. The van der Waals surface area contributed by atoms with E-state index in [2.05, 4.69) is 10.7 Å². The van der Waals surface area contributed by atoms with E-state index in [0.29, 0.717) is 28.5 Å². The Labute approximate surface area is 229 Å². The smallest absolute Gasteiger partial charge is 0.269 e. The quantitative estimate of drug-likeness (QED) is 0.363. The van der Waals surface area contributed by atoms with Crippen LogP contribution in [0.4, 0.5) is 5.69 Å². The van der Waals surface area contributed by atoms with Crippen molar-refractivity contribution in [3.8, 4) is 28.7 Å². The highest BCUT2D eigenvalue weighted by Crippen LogP contribution is 2.41. The van der Waals surface area contributed by atoms with Gasteiger partial charge >= 0.3 is 0 Å². The molecule has 1 heterocycles. The highest BCUT2D eigenvalue weighted by molar-refractivity contribution is 8.00. The molecule has 1 aliphatic heterocycles. The molecule has 204 valence electrons. The molecule has 0 spiro atoms. The van der Waals surface area contributed by atoms with Crippen molar-refractivity contribution >= 4 is 35.2 Å². The maximum absolute atomic E-state index is 13.0. The Morgan fingerprint density at radius 1 is 0.846 bits per heavy atom. The predicted molar refractivity (Wildman–Crippen MR) is 145 cm³/mol. The number of nitrogens with zero attached hydrogens (tertiary/aromatic N) is 1. The minimum atomic E-state index is -0.496. The maximum atomic E-state index is 13.0. The van der Waals surface area contributed by atoms with Gasteiger partial charge in [-0.15, -0.1) is 11.8 Å². The van der Waals surface area contributed by atoms with E-state index in [0.717, 1.165) is 0 Å². The van der Waals surface area contributed by atoms with Crippen molar-refractivity contribution in [2.45, 2.75) is 5.37 Å². The number of aromatic hydroxyl groups is 1. The number of thioether (sulfide) groups is 1. The number of amides is 3. The van der Waals surface area contributed by atoms with Crippen LogP contribution in [-0.2, 0) is 4.79 Å². The fourth-order valence-corrected chi connectivity index (χ4v) is 5.03. The average Bonchev–Trinajstić information content (AvgIpc) is 3.32. The summed E-state index contributed by atoms with van der Waals surface area (Å²) < 4.78 is 21.0. The fraction of sp³-hybridized carbons (Fsp3) is 0.222. The van der Waals surface area contributed by atoms with Gasteiger partial charge in [-0.25, -0.2) is 5.01 Å². The Morgan fingerprint density at radius 3 is 2.08 bits per heavy atom. The van der Waals surface area contributed by atoms with E-state index >= 15 is 0 Å². The second kappa shape index (κ2) is 11.9. The van der Waals surface area contributed by atoms with Crippen LogP contribution >= 0.6 is 11.8 Å². The molecule has 1 fully saturated rings. The average molecular weight is 554 g/mol. The van der Waals surface area contributed by atoms with Gasteiger partial charge in [-0.2, -0.15) is 0 Å². The van der Waals surface area contributed by atoms with Gasteiger partial charge < -0.3 is 29.4 Å². The molecule has 12 heteroatoms. The molecule has 3 aromatic carbocycles. The molecule has 0 bridgehead atoms. The van der Waals surface area contributed by atoms with E-state index in [1.807, 2.05) is 0 Å². The summed E-state index contributed by atoms with van der Waals surface area (Å²) in [4.78, 5) is 38.3. The van der Waals surface area contributed by atoms with E-state index in [-0.39, 0.29) is 34.3 Å². The lowest BCUT2D eigenvalue weighted by Gasteiger charge is -2.25. The Balaban J connectivity index is 1.45. The molecule has 4 rings (SSSR count). The van der Waals surface area contributed by atoms with E-state index < -0.39 is 17.2 Å². The molecule has 0 radical (unpaired) electrons. The molecule has 3 aromatic rings. The van der Waals surface area contributed by atoms with Crippen LogP contribution in [0.25, 0.3) is 0 Å². The van der Waals surface area contributed by atoms with Crippen molar-refractivity contribution in [2.75, 3.05) is 39.5 Å². The number of hydrogen-bond acceptors (Lipinski definition) is 9. The minimum Gasteiger partial charge on any atom is -0.504 e. The Morgan fingerprint density at radius 2 is 1.49 bits per heavy atom. The summed E-state index contributed by atoms with van der Waals surface area (Å²) >= 11 is 1.34. The number of phenolic OH excluding ortho intramolecular Hbond substituents is 1. The molecule has 3 N–H and O–H groups in total. The van der Waals surface area contributed by atoms with Crippen LogP contribution in [0, 0.1) is 0 Å². The third-order valence-electron chi connectivity index (χ3n) is 5.91. The maximum Gasteiger partial charge on any atom is 0.269 e. The first-order valence-corrected chi connectivity index (χ1v) is 12.7. The molecule has 0 aromatic heterocycles. The second-order valence-corrected chi connectivity index (χ2v) is 9.31. The van der Waals surface area contributed by atoms with Crippen LogP contribution in [0.15, 0.2) is 54.6 Å². The van der Waals surface area contributed by atoms with Gasteiger partial charge in [0.15, 0.2) is 23.0 Å². The Hall–Kier alpha value is -4.58. The van der Waals surface area contributed by atoms with Crippen molar-refractivity contribution in [1.29, 1.82) is 0 Å². The topological polar surface area (TPSA) is 136 Å². The van der Waals surface area contributed by atoms with E-state index in [1.54, 1.807) is 24.3 Å². The number of ether oxygens (including phenoxy) is 4. The number of nitrogens with one attached hydrogen (secondary N) is 2. The number of anilines is 1. The normalized spacial score (nSPS) is 14.5. The number of carbonyl (C=O) groups is 3. The summed E-state index contributed by atoms with van der Waals surface area (Å²) in [7, 11) is 5.82. The zero-order valence-electron chi connectivity index (χ0n) is 21.6. The second-order valence-electron chi connectivity index (χ2n) is 8.24. The lowest BCUT2D eigenvalue weighted by atomic mass is 10.1. The Bertz CT molecular complexity index is 1370. The van der Waals surface area contributed by atoms with Crippen molar-refractivity contribution in [1.82, 2.24) is 10.4 Å². The van der Waals surface area contributed by atoms with Gasteiger partial charge in [-0.05, 0) is 54.1 Å². The number of rotatable bonds is 9. The molecule has 1 unspecified atom stereocenters. The lowest BCUT2D eigenvalue weighted by molar-refractivity contribution is -0.130. The molecule has 11 nitrogen and oxygen atoms in total. The first-order chi connectivity index (χ1) is 18.8. The standard InChI is InChI=1S/C27H27N3O8S/c1-35-20-11-16(7-10-19(20)31)27-30(23(32)14-39-27)29-26(34)15-5-8-18(9-6-15)28-25(33)17-12-21(36-2)24(38-4)22(13-17)37-3/h5-13,27,31H,14H2,1-4H3,(H,28,33)(H,29,34). The summed E-state index contributed by atoms with van der Waals surface area (Å²) in [5.41, 5.74) is 4.37. The third-order valence-corrected chi connectivity index (χ3v) is 7.12. The van der Waals surface area contributed by atoms with E-state index in [1.165, 1.54) is 75.5 Å². The molecular formula is C27H27N3O8S. The number of methoxy groups -OCH3 is 4. The number of carbonyl (C=O) groups excluding carboxylic acids is 3. The van der Waals surface area contributed by atoms with E-state index in [9.17, 15) is 19.5 Å². The van der Waals surface area contributed by atoms with Gasteiger partial charge in [0.1, 0.15) is 5.37 Å². The molecule has 1 aliphatic rings. The number of hydrazine groups is 1. The first-order valence-electron chi connectivity index (χ1n) is 11.6. The van der Waals surface area contributed by atoms with Crippen LogP contribution in [-0.4, -0.2) is 62.0 Å².